The van der Waals surface area contributed by atoms with E-state index in [0.717, 1.165) is 12.1 Å². The zero-order valence-corrected chi connectivity index (χ0v) is 12.5. The zero-order chi connectivity index (χ0) is 15.6. The summed E-state index contributed by atoms with van der Waals surface area (Å²) in [5.41, 5.74) is 0.0466. The highest BCUT2D eigenvalue weighted by Gasteiger charge is 2.31. The second-order valence-corrected chi connectivity index (χ2v) is 5.29. The van der Waals surface area contributed by atoms with Crippen LogP contribution < -0.4 is 4.74 Å². The van der Waals surface area contributed by atoms with Gasteiger partial charge >= 0.3 is 6.18 Å². The van der Waals surface area contributed by atoms with Crippen LogP contribution in [0.25, 0.3) is 0 Å². The molecule has 2 rings (SSSR count). The van der Waals surface area contributed by atoms with Crippen LogP contribution in [0.5, 0.6) is 5.75 Å². The van der Waals surface area contributed by atoms with E-state index in [-0.39, 0.29) is 0 Å². The number of benzene rings is 2. The first kappa shape index (κ1) is 15.8. The summed E-state index contributed by atoms with van der Waals surface area (Å²) >= 11 is 3.31. The van der Waals surface area contributed by atoms with Crippen molar-refractivity contribution in [3.05, 3.63) is 65.0 Å². The van der Waals surface area contributed by atoms with E-state index < -0.39 is 22.4 Å². The summed E-state index contributed by atoms with van der Waals surface area (Å²) in [4.78, 5) is -0.606. The third-order valence-electron chi connectivity index (χ3n) is 2.97. The standard InChI is InChI=1S/C15H11BrF4O/c1-21-13-6-5-11(17)8-12(13)14(16)9-3-2-4-10(7-9)15(18,19)20/h2-8,14H,1H3. The van der Waals surface area contributed by atoms with Crippen molar-refractivity contribution in [3.63, 3.8) is 0 Å². The molecule has 0 bridgehead atoms. The van der Waals surface area contributed by atoms with Crippen molar-refractivity contribution in [1.82, 2.24) is 0 Å². The maximum Gasteiger partial charge on any atom is 0.416 e. The summed E-state index contributed by atoms with van der Waals surface area (Å²) in [5.74, 6) is -0.0853. The van der Waals surface area contributed by atoms with Crippen LogP contribution in [0.1, 0.15) is 21.5 Å². The summed E-state index contributed by atoms with van der Waals surface area (Å²) in [7, 11) is 1.42. The van der Waals surface area contributed by atoms with Crippen molar-refractivity contribution in [2.45, 2.75) is 11.0 Å². The van der Waals surface area contributed by atoms with Crippen LogP contribution in [0.15, 0.2) is 42.5 Å². The van der Waals surface area contributed by atoms with Crippen LogP contribution in [0, 0.1) is 5.82 Å². The number of alkyl halides is 4. The smallest absolute Gasteiger partial charge is 0.416 e. The molecule has 112 valence electrons. The van der Waals surface area contributed by atoms with E-state index in [4.69, 9.17) is 4.74 Å². The first-order chi connectivity index (χ1) is 9.82. The summed E-state index contributed by atoms with van der Waals surface area (Å²) in [5, 5.41) is 0. The topological polar surface area (TPSA) is 9.23 Å². The molecule has 0 saturated carbocycles. The lowest BCUT2D eigenvalue weighted by molar-refractivity contribution is -0.137. The molecule has 0 saturated heterocycles. The monoisotopic (exact) mass is 362 g/mol. The Morgan fingerprint density at radius 3 is 2.43 bits per heavy atom. The fraction of sp³-hybridized carbons (Fsp3) is 0.200. The number of hydrogen-bond donors (Lipinski definition) is 0. The number of methoxy groups -OCH3 is 1. The molecule has 0 amide bonds. The molecule has 1 unspecified atom stereocenters. The van der Waals surface area contributed by atoms with Gasteiger partial charge in [0.2, 0.25) is 0 Å². The van der Waals surface area contributed by atoms with Crippen molar-refractivity contribution >= 4 is 15.9 Å². The summed E-state index contributed by atoms with van der Waals surface area (Å²) < 4.78 is 56.7. The van der Waals surface area contributed by atoms with E-state index >= 15 is 0 Å². The molecule has 0 aromatic heterocycles. The van der Waals surface area contributed by atoms with Crippen LogP contribution in [-0.4, -0.2) is 7.11 Å². The molecule has 2 aromatic carbocycles. The fourth-order valence-electron chi connectivity index (χ4n) is 1.96. The number of hydrogen-bond acceptors (Lipinski definition) is 1. The second kappa shape index (κ2) is 6.05. The Hall–Kier alpha value is -1.56. The highest BCUT2D eigenvalue weighted by atomic mass is 79.9. The Morgan fingerprint density at radius 2 is 1.81 bits per heavy atom. The Labute approximate surface area is 127 Å². The normalized spacial score (nSPS) is 13.0. The highest BCUT2D eigenvalue weighted by molar-refractivity contribution is 9.09. The maximum absolute atomic E-state index is 13.4. The average Bonchev–Trinajstić information content (AvgIpc) is 2.45. The summed E-state index contributed by atoms with van der Waals surface area (Å²) in [6.07, 6.45) is -4.42. The van der Waals surface area contributed by atoms with Gasteiger partial charge in [-0.1, -0.05) is 34.1 Å². The largest absolute Gasteiger partial charge is 0.496 e. The van der Waals surface area contributed by atoms with Crippen molar-refractivity contribution in [2.75, 3.05) is 7.11 Å². The summed E-state index contributed by atoms with van der Waals surface area (Å²) in [6.45, 7) is 0. The predicted octanol–water partition coefficient (Wildman–Crippen LogP) is 5.34. The van der Waals surface area contributed by atoms with Crippen LogP contribution in [-0.2, 0) is 6.18 Å². The van der Waals surface area contributed by atoms with E-state index in [1.165, 1.54) is 31.4 Å². The molecule has 0 aliphatic carbocycles. The van der Waals surface area contributed by atoms with E-state index in [1.807, 2.05) is 0 Å². The van der Waals surface area contributed by atoms with Crippen molar-refractivity contribution < 1.29 is 22.3 Å². The van der Waals surface area contributed by atoms with Crippen LogP contribution >= 0.6 is 15.9 Å². The molecular weight excluding hydrogens is 352 g/mol. The van der Waals surface area contributed by atoms with Gasteiger partial charge in [0.15, 0.2) is 0 Å². The van der Waals surface area contributed by atoms with Gasteiger partial charge in [-0.15, -0.1) is 0 Å². The SMILES string of the molecule is COc1ccc(F)cc1C(Br)c1cccc(C(F)(F)F)c1. The molecule has 0 N–H and O–H groups in total. The quantitative estimate of drug-likeness (QED) is 0.529. The Bertz CT molecular complexity index is 640. The molecule has 1 nitrogen and oxygen atoms in total. The first-order valence-electron chi connectivity index (χ1n) is 5.97. The van der Waals surface area contributed by atoms with Gasteiger partial charge in [0.25, 0.3) is 0 Å². The first-order valence-corrected chi connectivity index (χ1v) is 6.89. The van der Waals surface area contributed by atoms with Gasteiger partial charge in [-0.2, -0.15) is 13.2 Å². The second-order valence-electron chi connectivity index (χ2n) is 4.37. The van der Waals surface area contributed by atoms with E-state index in [1.54, 1.807) is 6.07 Å². The van der Waals surface area contributed by atoms with Crippen LogP contribution in [0.2, 0.25) is 0 Å². The van der Waals surface area contributed by atoms with E-state index in [0.29, 0.717) is 16.9 Å². The minimum Gasteiger partial charge on any atom is -0.496 e. The van der Waals surface area contributed by atoms with Crippen molar-refractivity contribution in [3.8, 4) is 5.75 Å². The van der Waals surface area contributed by atoms with Gasteiger partial charge < -0.3 is 4.74 Å². The van der Waals surface area contributed by atoms with Crippen LogP contribution in [0.4, 0.5) is 17.6 Å². The molecule has 0 spiro atoms. The van der Waals surface area contributed by atoms with Gasteiger partial charge in [-0.25, -0.2) is 4.39 Å². The highest BCUT2D eigenvalue weighted by Crippen LogP contribution is 2.39. The molecule has 0 fully saturated rings. The fourth-order valence-corrected chi connectivity index (χ4v) is 2.60. The third kappa shape index (κ3) is 3.56. The molecule has 6 heteroatoms. The molecule has 0 heterocycles. The molecule has 21 heavy (non-hydrogen) atoms. The molecule has 0 aliphatic heterocycles. The Morgan fingerprint density at radius 1 is 1.10 bits per heavy atom. The predicted molar refractivity (Wildman–Crippen MR) is 75.2 cm³/mol. The molecule has 0 aliphatic rings. The zero-order valence-electron chi connectivity index (χ0n) is 10.9. The number of rotatable bonds is 3. The van der Waals surface area contributed by atoms with Crippen molar-refractivity contribution in [1.29, 1.82) is 0 Å². The van der Waals surface area contributed by atoms with E-state index in [9.17, 15) is 17.6 Å². The molecule has 0 radical (unpaired) electrons. The van der Waals surface area contributed by atoms with Gasteiger partial charge in [-0.3, -0.25) is 0 Å². The van der Waals surface area contributed by atoms with E-state index in [2.05, 4.69) is 15.9 Å². The van der Waals surface area contributed by atoms with Crippen LogP contribution in [0.3, 0.4) is 0 Å². The molecular formula is C15H11BrF4O. The molecule has 1 atom stereocenters. The Balaban J connectivity index is 2.45. The maximum atomic E-state index is 13.4. The average molecular weight is 363 g/mol. The summed E-state index contributed by atoms with van der Waals surface area (Å²) in [6, 6.07) is 8.78. The lowest BCUT2D eigenvalue weighted by atomic mass is 10.0. The number of halogens is 5. The van der Waals surface area contributed by atoms with Gasteiger partial charge in [0.1, 0.15) is 11.6 Å². The lowest BCUT2D eigenvalue weighted by Crippen LogP contribution is -2.06. The Kier molecular flexibility index (Phi) is 4.56. The molecule has 2 aromatic rings. The van der Waals surface area contributed by atoms with Gasteiger partial charge in [0.05, 0.1) is 17.5 Å². The minimum absolute atomic E-state index is 0.369. The third-order valence-corrected chi connectivity index (χ3v) is 3.99. The number of ether oxygens (including phenoxy) is 1. The lowest BCUT2D eigenvalue weighted by Gasteiger charge is -2.16. The minimum atomic E-state index is -4.42. The van der Waals surface area contributed by atoms with Gasteiger partial charge in [0, 0.05) is 5.56 Å². The van der Waals surface area contributed by atoms with Gasteiger partial charge in [-0.05, 0) is 29.8 Å². The van der Waals surface area contributed by atoms with Crippen molar-refractivity contribution in [2.24, 2.45) is 0 Å².